The van der Waals surface area contributed by atoms with Crippen LogP contribution in [0.4, 0.5) is 0 Å². The molecule has 0 aromatic carbocycles. The van der Waals surface area contributed by atoms with Crippen LogP contribution in [-0.4, -0.2) is 72.0 Å². The highest BCUT2D eigenvalue weighted by Crippen LogP contribution is 2.32. The smallest absolute Gasteiger partial charge is 0.185 e. The Hall–Kier alpha value is -0.870. The average Bonchev–Trinajstić information content (AvgIpc) is 3.53. The van der Waals surface area contributed by atoms with E-state index in [4.69, 9.17) is 25.7 Å². The molecule has 0 radical (unpaired) electrons. The molecule has 6 N–H and O–H groups in total. The van der Waals surface area contributed by atoms with Crippen LogP contribution in [0.1, 0.15) is 220 Å². The second-order valence-corrected chi connectivity index (χ2v) is 17.3. The first-order valence-electron chi connectivity index (χ1n) is 23.7. The summed E-state index contributed by atoms with van der Waals surface area (Å²) in [6.07, 6.45) is 31.8. The van der Waals surface area contributed by atoms with Gasteiger partial charge in [-0.05, 0) is 95.6 Å². The number of rotatable bonds is 36. The van der Waals surface area contributed by atoms with Crippen molar-refractivity contribution in [3.05, 3.63) is 11.1 Å². The topological polar surface area (TPSA) is 137 Å². The molecule has 1 aliphatic carbocycles. The van der Waals surface area contributed by atoms with E-state index < -0.39 is 18.5 Å². The van der Waals surface area contributed by atoms with Crippen molar-refractivity contribution in [3.63, 3.8) is 0 Å². The van der Waals surface area contributed by atoms with E-state index in [0.29, 0.717) is 25.2 Å². The number of ether oxygens (including phenoxy) is 3. The van der Waals surface area contributed by atoms with Gasteiger partial charge in [0.2, 0.25) is 0 Å². The minimum absolute atomic E-state index is 0.0273. The Morgan fingerprint density at radius 3 is 1.91 bits per heavy atom. The highest BCUT2D eigenvalue weighted by atomic mass is 16.7. The normalized spacial score (nSPS) is 23.5. The van der Waals surface area contributed by atoms with Gasteiger partial charge >= 0.3 is 0 Å². The minimum atomic E-state index is -0.855. The average molecular weight is 779 g/mol. The minimum Gasteiger partial charge on any atom is -0.393 e. The third kappa shape index (κ3) is 21.6. The standard InChI is InChI=1S/C47H90N2O6/c1-5-8-10-11-12-13-15-19-28-40(29-22-21-26-39(50)34-36-53-47-46(52)45(49)37(4)44(7-3)55-47)54-41(27-18-9-6-2)30-24-25-38-32-33-43(51)42(38)31-20-16-14-17-23-35-48/h37,39-41,44-47,50,52H,5-36,48-49H2,1-4H3. The summed E-state index contributed by atoms with van der Waals surface area (Å²) >= 11 is 0. The van der Waals surface area contributed by atoms with Crippen molar-refractivity contribution in [3.8, 4) is 0 Å². The number of nitrogens with two attached hydrogens (primary N) is 2. The first-order chi connectivity index (χ1) is 26.7. The van der Waals surface area contributed by atoms with Crippen LogP contribution in [0.5, 0.6) is 0 Å². The molecule has 2 aliphatic rings. The zero-order valence-corrected chi connectivity index (χ0v) is 36.4. The lowest BCUT2D eigenvalue weighted by Crippen LogP contribution is -2.58. The third-order valence-electron chi connectivity index (χ3n) is 12.6. The summed E-state index contributed by atoms with van der Waals surface area (Å²) in [5.41, 5.74) is 14.5. The van der Waals surface area contributed by atoms with E-state index in [1.165, 1.54) is 95.5 Å². The zero-order chi connectivity index (χ0) is 40.1. The van der Waals surface area contributed by atoms with Crippen molar-refractivity contribution in [1.29, 1.82) is 0 Å². The fraction of sp³-hybridized carbons (Fsp3) is 0.936. The molecule has 8 atom stereocenters. The van der Waals surface area contributed by atoms with Crippen molar-refractivity contribution in [2.24, 2.45) is 17.4 Å². The molecule has 2 rings (SSSR count). The fourth-order valence-electron chi connectivity index (χ4n) is 8.78. The molecule has 0 bridgehead atoms. The molecule has 55 heavy (non-hydrogen) atoms. The summed E-state index contributed by atoms with van der Waals surface area (Å²) in [6.45, 7) is 9.75. The number of allylic oxidation sites excluding steroid dienone is 2. The maximum absolute atomic E-state index is 12.8. The highest BCUT2D eigenvalue weighted by molar-refractivity contribution is 5.98. The van der Waals surface area contributed by atoms with Gasteiger partial charge < -0.3 is 35.9 Å². The molecule has 0 spiro atoms. The first kappa shape index (κ1) is 50.3. The molecule has 8 nitrogen and oxygen atoms in total. The number of carbonyl (C=O) groups excluding carboxylic acids is 1. The van der Waals surface area contributed by atoms with Gasteiger partial charge in [0.1, 0.15) is 6.10 Å². The number of aliphatic hydroxyl groups is 2. The number of unbranched alkanes of at least 4 members (excludes halogenated alkanes) is 14. The van der Waals surface area contributed by atoms with E-state index in [2.05, 4.69) is 20.8 Å². The second-order valence-electron chi connectivity index (χ2n) is 17.3. The van der Waals surface area contributed by atoms with Crippen LogP contribution in [0, 0.1) is 5.92 Å². The largest absolute Gasteiger partial charge is 0.393 e. The maximum atomic E-state index is 12.8. The van der Waals surface area contributed by atoms with E-state index in [-0.39, 0.29) is 30.3 Å². The van der Waals surface area contributed by atoms with E-state index in [9.17, 15) is 15.0 Å². The van der Waals surface area contributed by atoms with Gasteiger partial charge in [0.15, 0.2) is 12.1 Å². The predicted molar refractivity (Wildman–Crippen MR) is 229 cm³/mol. The number of aliphatic hydroxyl groups excluding tert-OH is 2. The van der Waals surface area contributed by atoms with Crippen molar-refractivity contribution in [2.75, 3.05) is 13.2 Å². The van der Waals surface area contributed by atoms with Gasteiger partial charge in [-0.15, -0.1) is 0 Å². The SMILES string of the molecule is CCCCCCCCCCC(CCCCC(O)CCOC1OC(CC)C(C)C(N)C1O)OC(CCCCC)CCCC1=C(CCCCCCCN)C(=O)CC1. The van der Waals surface area contributed by atoms with Gasteiger partial charge in [-0.1, -0.05) is 136 Å². The molecule has 0 amide bonds. The van der Waals surface area contributed by atoms with Crippen molar-refractivity contribution >= 4 is 5.78 Å². The van der Waals surface area contributed by atoms with Crippen LogP contribution in [0.2, 0.25) is 0 Å². The molecule has 1 saturated heterocycles. The number of ketones is 1. The monoisotopic (exact) mass is 779 g/mol. The lowest BCUT2D eigenvalue weighted by atomic mass is 9.88. The summed E-state index contributed by atoms with van der Waals surface area (Å²) in [5.74, 6) is 0.476. The van der Waals surface area contributed by atoms with Crippen LogP contribution < -0.4 is 11.5 Å². The Labute approximate surface area is 339 Å². The zero-order valence-electron chi connectivity index (χ0n) is 36.4. The van der Waals surface area contributed by atoms with Gasteiger partial charge in [-0.25, -0.2) is 0 Å². The van der Waals surface area contributed by atoms with Crippen LogP contribution >= 0.6 is 0 Å². The lowest BCUT2D eigenvalue weighted by Gasteiger charge is -2.41. The van der Waals surface area contributed by atoms with Gasteiger partial charge in [-0.2, -0.15) is 0 Å². The maximum Gasteiger partial charge on any atom is 0.185 e. The van der Waals surface area contributed by atoms with E-state index >= 15 is 0 Å². The van der Waals surface area contributed by atoms with Gasteiger partial charge in [0.05, 0.1) is 31.0 Å². The van der Waals surface area contributed by atoms with Gasteiger partial charge in [-0.3, -0.25) is 4.79 Å². The number of carbonyl (C=O) groups is 1. The van der Waals surface area contributed by atoms with E-state index in [1.54, 1.807) is 0 Å². The fourth-order valence-corrected chi connectivity index (χ4v) is 8.78. The summed E-state index contributed by atoms with van der Waals surface area (Å²) in [4.78, 5) is 12.8. The summed E-state index contributed by atoms with van der Waals surface area (Å²) in [7, 11) is 0. The molecule has 0 saturated carbocycles. The molecule has 1 fully saturated rings. The van der Waals surface area contributed by atoms with Crippen LogP contribution in [0.15, 0.2) is 11.1 Å². The van der Waals surface area contributed by atoms with Crippen LogP contribution in [0.3, 0.4) is 0 Å². The number of Topliss-reactive ketones (excluding diaryl/α,β-unsaturated/α-hetero) is 1. The summed E-state index contributed by atoms with van der Waals surface area (Å²) in [6, 6.07) is -0.374. The van der Waals surface area contributed by atoms with E-state index in [1.807, 2.05) is 6.92 Å². The van der Waals surface area contributed by atoms with Gasteiger partial charge in [0.25, 0.3) is 0 Å². The predicted octanol–water partition coefficient (Wildman–Crippen LogP) is 10.8. The Bertz CT molecular complexity index is 975. The van der Waals surface area contributed by atoms with Crippen LogP contribution in [0.25, 0.3) is 0 Å². The molecule has 8 unspecified atom stereocenters. The Morgan fingerprint density at radius 2 is 1.25 bits per heavy atom. The third-order valence-corrected chi connectivity index (χ3v) is 12.6. The summed E-state index contributed by atoms with van der Waals surface area (Å²) < 4.78 is 18.9. The molecule has 1 heterocycles. The molecular weight excluding hydrogens is 689 g/mol. The number of hydrogen-bond acceptors (Lipinski definition) is 8. The molecule has 8 heteroatoms. The van der Waals surface area contributed by atoms with Gasteiger partial charge in [0, 0.05) is 18.4 Å². The molecule has 324 valence electrons. The molecule has 1 aliphatic heterocycles. The van der Waals surface area contributed by atoms with E-state index in [0.717, 1.165) is 102 Å². The van der Waals surface area contributed by atoms with Crippen LogP contribution in [-0.2, 0) is 19.0 Å². The van der Waals surface area contributed by atoms with Crippen molar-refractivity contribution < 1.29 is 29.2 Å². The summed E-state index contributed by atoms with van der Waals surface area (Å²) in [5, 5.41) is 21.4. The Kier molecular flexibility index (Phi) is 29.3. The molecule has 0 aromatic heterocycles. The Morgan fingerprint density at radius 1 is 0.709 bits per heavy atom. The Balaban J connectivity index is 1.88. The molecule has 0 aromatic rings. The first-order valence-corrected chi connectivity index (χ1v) is 23.7. The number of hydrogen-bond donors (Lipinski definition) is 4. The highest BCUT2D eigenvalue weighted by Gasteiger charge is 2.40. The van der Waals surface area contributed by atoms with Crippen molar-refractivity contribution in [1.82, 2.24) is 0 Å². The lowest BCUT2D eigenvalue weighted by molar-refractivity contribution is -0.260. The van der Waals surface area contributed by atoms with Crippen molar-refractivity contribution in [2.45, 2.75) is 263 Å². The molecular formula is C47H90N2O6. The quantitative estimate of drug-likeness (QED) is 0.0461. The second kappa shape index (κ2) is 32.0.